The zero-order chi connectivity index (χ0) is 35.0. The van der Waals surface area contributed by atoms with Gasteiger partial charge >= 0.3 is 0 Å². The number of hydrazine groups is 2. The van der Waals surface area contributed by atoms with Gasteiger partial charge in [-0.25, -0.2) is 20.1 Å². The number of hydrogen-bond acceptors (Lipinski definition) is 6. The molecule has 0 saturated heterocycles. The molecule has 0 saturated carbocycles. The third-order valence-electron chi connectivity index (χ3n) is 9.28. The smallest absolute Gasteiger partial charge is 0.207 e. The van der Waals surface area contributed by atoms with Crippen molar-refractivity contribution in [1.82, 2.24) is 0 Å². The Labute approximate surface area is 297 Å². The third-order valence-corrected chi connectivity index (χ3v) is 11.1. The molecule has 4 N–H and O–H groups in total. The zero-order valence-electron chi connectivity index (χ0n) is 27.6. The highest BCUT2D eigenvalue weighted by atomic mass is 32.2. The zero-order valence-corrected chi connectivity index (χ0v) is 28.4. The molecule has 8 aromatic carbocycles. The van der Waals surface area contributed by atoms with Gasteiger partial charge in [0.05, 0.1) is 32.5 Å². The molecule has 0 aliphatic carbocycles. The largest absolute Gasteiger partial charge is 0.278 e. The van der Waals surface area contributed by atoms with Crippen molar-refractivity contribution in [3.05, 3.63) is 182 Å². The van der Waals surface area contributed by atoms with Gasteiger partial charge in [0.2, 0.25) is 9.84 Å². The fraction of sp³-hybridized carbons (Fsp3) is 0. The van der Waals surface area contributed by atoms with E-state index in [0.717, 1.165) is 44.0 Å². The number of fused-ring (bicyclic) bond motifs is 2. The summed E-state index contributed by atoms with van der Waals surface area (Å²) in [5.41, 5.74) is 5.03. The molecule has 0 spiro atoms. The van der Waals surface area contributed by atoms with E-state index >= 15 is 8.42 Å². The molecule has 0 aromatic heterocycles. The van der Waals surface area contributed by atoms with Gasteiger partial charge in [-0.05, 0) is 58.3 Å². The van der Waals surface area contributed by atoms with E-state index < -0.39 is 9.84 Å². The van der Waals surface area contributed by atoms with Gasteiger partial charge in [0.1, 0.15) is 0 Å². The Kier molecular flexibility index (Phi) is 8.29. The van der Waals surface area contributed by atoms with E-state index in [4.69, 9.17) is 11.7 Å². The number of sulfone groups is 1. The van der Waals surface area contributed by atoms with Crippen LogP contribution in [0.25, 0.3) is 43.8 Å². The lowest BCUT2D eigenvalue weighted by Gasteiger charge is -2.27. The number of rotatable bonds is 8. The summed E-state index contributed by atoms with van der Waals surface area (Å²) in [4.78, 5) is 0.259. The van der Waals surface area contributed by atoms with Gasteiger partial charge in [-0.2, -0.15) is 0 Å². The Morgan fingerprint density at radius 1 is 0.353 bits per heavy atom. The summed E-state index contributed by atoms with van der Waals surface area (Å²) in [5.74, 6) is 14.0. The number of anilines is 4. The van der Waals surface area contributed by atoms with Gasteiger partial charge < -0.3 is 0 Å². The molecular weight excluding hydrogens is 649 g/mol. The van der Waals surface area contributed by atoms with Gasteiger partial charge in [0.25, 0.3) is 0 Å². The first-order valence-electron chi connectivity index (χ1n) is 16.6. The van der Waals surface area contributed by atoms with Crippen LogP contribution < -0.4 is 21.7 Å². The summed E-state index contributed by atoms with van der Waals surface area (Å²) in [6, 6.07) is 57.4. The van der Waals surface area contributed by atoms with Crippen LogP contribution in [0.5, 0.6) is 0 Å². The Bertz CT molecular complexity index is 2460. The molecule has 0 aliphatic heterocycles. The lowest BCUT2D eigenvalue weighted by Crippen LogP contribution is -2.27. The molecule has 0 heterocycles. The van der Waals surface area contributed by atoms with Gasteiger partial charge in [0.15, 0.2) is 0 Å². The van der Waals surface area contributed by atoms with Crippen LogP contribution in [0.3, 0.4) is 0 Å². The fourth-order valence-corrected chi connectivity index (χ4v) is 8.63. The highest BCUT2D eigenvalue weighted by molar-refractivity contribution is 7.91. The highest BCUT2D eigenvalue weighted by Crippen LogP contribution is 2.45. The van der Waals surface area contributed by atoms with Crippen molar-refractivity contribution in [3.63, 3.8) is 0 Å². The lowest BCUT2D eigenvalue weighted by atomic mass is 10.0. The van der Waals surface area contributed by atoms with E-state index in [-0.39, 0.29) is 9.79 Å². The first-order valence-corrected chi connectivity index (χ1v) is 18.1. The Balaban J connectivity index is 1.37. The van der Waals surface area contributed by atoms with Crippen molar-refractivity contribution in [2.75, 3.05) is 10.0 Å². The lowest BCUT2D eigenvalue weighted by molar-refractivity contribution is 0.596. The van der Waals surface area contributed by atoms with Crippen molar-refractivity contribution >= 4 is 54.1 Å². The van der Waals surface area contributed by atoms with Gasteiger partial charge in [-0.3, -0.25) is 10.0 Å². The Hall–Kier alpha value is -6.25. The third kappa shape index (κ3) is 5.69. The Morgan fingerprint density at radius 3 is 1.12 bits per heavy atom. The number of hydrogen-bond donors (Lipinski definition) is 2. The highest BCUT2D eigenvalue weighted by Gasteiger charge is 2.30. The molecule has 7 heteroatoms. The molecule has 8 rings (SSSR count). The van der Waals surface area contributed by atoms with Crippen molar-refractivity contribution in [1.29, 1.82) is 0 Å². The molecule has 248 valence electrons. The molecule has 0 aliphatic rings. The molecule has 0 atom stereocenters. The minimum Gasteiger partial charge on any atom is -0.278 e. The van der Waals surface area contributed by atoms with E-state index in [9.17, 15) is 0 Å². The first-order chi connectivity index (χ1) is 24.9. The number of nitrogens with two attached hydrogens (primary N) is 2. The van der Waals surface area contributed by atoms with E-state index in [1.807, 2.05) is 158 Å². The monoisotopic (exact) mass is 682 g/mol. The van der Waals surface area contributed by atoms with Gasteiger partial charge in [0, 0.05) is 21.9 Å². The van der Waals surface area contributed by atoms with E-state index in [1.165, 1.54) is 0 Å². The van der Waals surface area contributed by atoms with Crippen molar-refractivity contribution in [2.24, 2.45) is 11.7 Å². The van der Waals surface area contributed by atoms with Gasteiger partial charge in [-0.1, -0.05) is 146 Å². The predicted molar refractivity (Wildman–Crippen MR) is 210 cm³/mol. The van der Waals surface area contributed by atoms with Crippen LogP contribution >= 0.6 is 0 Å². The summed E-state index contributed by atoms with van der Waals surface area (Å²) in [6.45, 7) is 0. The second-order valence-electron chi connectivity index (χ2n) is 12.3. The molecular formula is C44H34N4O2S. The average Bonchev–Trinajstić information content (AvgIpc) is 3.20. The second-order valence-corrected chi connectivity index (χ2v) is 14.2. The maximum Gasteiger partial charge on any atom is 0.207 e. The fourth-order valence-electron chi connectivity index (χ4n) is 6.89. The molecule has 51 heavy (non-hydrogen) atoms. The standard InChI is InChI=1S/C44H34N4O2S/c45-47(37-25-11-21-31-15-7-9-23-35(31)37)39-27-13-29-41(43(39)33-17-3-1-4-18-33)51(49,50)42-30-14-28-40(44(42)34-19-5-2-6-20-34)48(46)38-26-12-22-32-16-8-10-24-36(32)38/h1-30H,45-46H2. The van der Waals surface area contributed by atoms with Crippen LogP contribution in [0, 0.1) is 0 Å². The van der Waals surface area contributed by atoms with Crippen LogP contribution in [0.2, 0.25) is 0 Å². The minimum absolute atomic E-state index is 0.130. The summed E-state index contributed by atoms with van der Waals surface area (Å²) >= 11 is 0. The maximum atomic E-state index is 15.4. The van der Waals surface area contributed by atoms with Crippen LogP contribution in [0.4, 0.5) is 22.7 Å². The van der Waals surface area contributed by atoms with E-state index in [0.29, 0.717) is 22.5 Å². The molecule has 0 bridgehead atoms. The van der Waals surface area contributed by atoms with Gasteiger partial charge in [-0.15, -0.1) is 0 Å². The van der Waals surface area contributed by atoms with Crippen LogP contribution in [0.15, 0.2) is 192 Å². The van der Waals surface area contributed by atoms with Crippen molar-refractivity contribution in [2.45, 2.75) is 9.79 Å². The summed E-state index contributed by atoms with van der Waals surface area (Å²) in [5, 5.41) is 7.12. The average molecular weight is 683 g/mol. The minimum atomic E-state index is -4.22. The number of nitrogens with zero attached hydrogens (tertiary/aromatic N) is 2. The molecule has 6 nitrogen and oxygen atoms in total. The molecule has 0 unspecified atom stereocenters. The van der Waals surface area contributed by atoms with Crippen molar-refractivity contribution < 1.29 is 8.42 Å². The maximum absolute atomic E-state index is 15.4. The van der Waals surface area contributed by atoms with Crippen LogP contribution in [-0.2, 0) is 9.84 Å². The molecule has 0 fully saturated rings. The molecule has 0 amide bonds. The first kappa shape index (κ1) is 32.0. The van der Waals surface area contributed by atoms with E-state index in [2.05, 4.69) is 0 Å². The predicted octanol–water partition coefficient (Wildman–Crippen LogP) is 10.2. The quantitative estimate of drug-likeness (QED) is 0.122. The van der Waals surface area contributed by atoms with Crippen LogP contribution in [0.1, 0.15) is 0 Å². The summed E-state index contributed by atoms with van der Waals surface area (Å²) in [6.07, 6.45) is 0. The Morgan fingerprint density at radius 2 is 0.686 bits per heavy atom. The summed E-state index contributed by atoms with van der Waals surface area (Å²) < 4.78 is 30.7. The van der Waals surface area contributed by atoms with Crippen LogP contribution in [-0.4, -0.2) is 8.42 Å². The molecule has 0 radical (unpaired) electrons. The topological polar surface area (TPSA) is 92.7 Å². The SMILES string of the molecule is NN(c1cccc(S(=O)(=O)c2cccc(N(N)c3cccc4ccccc34)c2-c2ccccc2)c1-c1ccccc1)c1cccc2ccccc12. The number of benzene rings is 8. The molecule has 8 aromatic rings. The van der Waals surface area contributed by atoms with E-state index in [1.54, 1.807) is 34.3 Å². The second kappa shape index (κ2) is 13.2. The summed E-state index contributed by atoms with van der Waals surface area (Å²) in [7, 11) is -4.22. The normalized spacial score (nSPS) is 11.5. The van der Waals surface area contributed by atoms with Crippen molar-refractivity contribution in [3.8, 4) is 22.3 Å².